The molecule has 0 aliphatic carbocycles. The number of nitrogens with zero attached hydrogens (tertiary/aromatic N) is 3. The van der Waals surface area contributed by atoms with Gasteiger partial charge in [-0.3, -0.25) is 4.79 Å². The molecular formula is C22H27ClN4O5. The van der Waals surface area contributed by atoms with E-state index < -0.39 is 5.97 Å². The summed E-state index contributed by atoms with van der Waals surface area (Å²) in [5.41, 5.74) is 0.824. The van der Waals surface area contributed by atoms with Crippen molar-refractivity contribution < 1.29 is 24.2 Å². The number of rotatable bonds is 10. The number of esters is 1. The number of azo groups is 1. The van der Waals surface area contributed by atoms with E-state index in [1.807, 2.05) is 0 Å². The standard InChI is InChI=1S/C22H27ClN4O5/c1-5-27(6-2)10-9-24-21(29)16-12-17(23)18(13-20(16)31-3)26-25-14-7-8-19(28)15(11-14)22(30)32-4/h7-8,11-13,28H,5-6,9-10H2,1-4H3,(H,24,29). The van der Waals surface area contributed by atoms with Crippen LogP contribution in [0.4, 0.5) is 11.4 Å². The van der Waals surface area contributed by atoms with E-state index in [1.165, 1.54) is 44.6 Å². The van der Waals surface area contributed by atoms with Gasteiger partial charge in [0.1, 0.15) is 22.7 Å². The molecule has 0 aromatic heterocycles. The minimum absolute atomic E-state index is 0.0376. The summed E-state index contributed by atoms with van der Waals surface area (Å²) < 4.78 is 9.96. The van der Waals surface area contributed by atoms with Crippen LogP contribution in [0, 0.1) is 0 Å². The lowest BCUT2D eigenvalue weighted by molar-refractivity contribution is 0.0597. The van der Waals surface area contributed by atoms with Crippen molar-refractivity contribution in [1.29, 1.82) is 0 Å². The third kappa shape index (κ3) is 6.41. The van der Waals surface area contributed by atoms with Crippen molar-refractivity contribution in [3.63, 3.8) is 0 Å². The second kappa shape index (κ2) is 12.0. The number of hydrogen-bond acceptors (Lipinski definition) is 8. The third-order valence-electron chi connectivity index (χ3n) is 4.78. The van der Waals surface area contributed by atoms with Gasteiger partial charge in [0.05, 0.1) is 30.5 Å². The molecule has 0 saturated heterocycles. The maximum absolute atomic E-state index is 12.6. The average Bonchev–Trinajstić information content (AvgIpc) is 2.81. The van der Waals surface area contributed by atoms with Gasteiger partial charge in [-0.1, -0.05) is 25.4 Å². The molecule has 2 N–H and O–H groups in total. The first-order chi connectivity index (χ1) is 15.3. The van der Waals surface area contributed by atoms with Crippen LogP contribution >= 0.6 is 11.6 Å². The Balaban J connectivity index is 2.21. The monoisotopic (exact) mass is 462 g/mol. The SMILES string of the molecule is CCN(CC)CCNC(=O)c1cc(Cl)c(N=Nc2ccc(O)c(C(=O)OC)c2)cc1OC. The molecule has 172 valence electrons. The number of phenols is 1. The number of benzene rings is 2. The maximum Gasteiger partial charge on any atom is 0.341 e. The lowest BCUT2D eigenvalue weighted by atomic mass is 10.1. The van der Waals surface area contributed by atoms with Crippen LogP contribution in [0.25, 0.3) is 0 Å². The molecule has 10 heteroatoms. The van der Waals surface area contributed by atoms with E-state index >= 15 is 0 Å². The Labute approximate surface area is 192 Å². The summed E-state index contributed by atoms with van der Waals surface area (Å²) in [5, 5.41) is 21.0. The molecule has 0 atom stereocenters. The highest BCUT2D eigenvalue weighted by molar-refractivity contribution is 6.33. The fourth-order valence-corrected chi connectivity index (χ4v) is 3.10. The van der Waals surface area contributed by atoms with Crippen LogP contribution < -0.4 is 10.1 Å². The van der Waals surface area contributed by atoms with Crippen LogP contribution in [-0.2, 0) is 4.74 Å². The summed E-state index contributed by atoms with van der Waals surface area (Å²) in [6, 6.07) is 7.11. The Bertz CT molecular complexity index is 993. The molecule has 2 aromatic carbocycles. The molecule has 2 aromatic rings. The smallest absolute Gasteiger partial charge is 0.341 e. The topological polar surface area (TPSA) is 113 Å². The molecule has 32 heavy (non-hydrogen) atoms. The number of halogens is 1. The molecule has 2 rings (SSSR count). The van der Waals surface area contributed by atoms with E-state index in [0.29, 0.717) is 18.0 Å². The normalized spacial score (nSPS) is 11.1. The maximum atomic E-state index is 12.6. The number of hydrogen-bond donors (Lipinski definition) is 2. The second-order valence-electron chi connectivity index (χ2n) is 6.68. The van der Waals surface area contributed by atoms with E-state index in [9.17, 15) is 14.7 Å². The molecule has 0 aliphatic heterocycles. The molecule has 1 amide bonds. The van der Waals surface area contributed by atoms with E-state index in [-0.39, 0.29) is 33.5 Å². The van der Waals surface area contributed by atoms with Gasteiger partial charge in [0.15, 0.2) is 0 Å². The quantitative estimate of drug-likeness (QED) is 0.401. The summed E-state index contributed by atoms with van der Waals surface area (Å²) >= 11 is 6.32. The summed E-state index contributed by atoms with van der Waals surface area (Å²) in [4.78, 5) is 26.5. The fourth-order valence-electron chi connectivity index (χ4n) is 2.90. The van der Waals surface area contributed by atoms with E-state index in [4.69, 9.17) is 16.3 Å². The Hall–Kier alpha value is -3.17. The number of carbonyl (C=O) groups excluding carboxylic acids is 2. The van der Waals surface area contributed by atoms with Crippen molar-refractivity contribution in [3.8, 4) is 11.5 Å². The number of amides is 1. The predicted octanol–water partition coefficient (Wildman–Crippen LogP) is 4.33. The molecule has 0 fully saturated rings. The van der Waals surface area contributed by atoms with E-state index in [2.05, 4.69) is 39.0 Å². The zero-order valence-corrected chi connectivity index (χ0v) is 19.3. The van der Waals surface area contributed by atoms with Crippen molar-refractivity contribution in [2.75, 3.05) is 40.4 Å². The number of likely N-dealkylation sites (N-methyl/N-ethyl adjacent to an activating group) is 1. The molecule has 0 radical (unpaired) electrons. The molecule has 0 spiro atoms. The van der Waals surface area contributed by atoms with Gasteiger partial charge in [0.25, 0.3) is 5.91 Å². The van der Waals surface area contributed by atoms with Crippen molar-refractivity contribution in [3.05, 3.63) is 46.5 Å². The highest BCUT2D eigenvalue weighted by atomic mass is 35.5. The molecule has 9 nitrogen and oxygen atoms in total. The van der Waals surface area contributed by atoms with Crippen molar-refractivity contribution in [1.82, 2.24) is 10.2 Å². The first kappa shape index (κ1) is 25.1. The molecule has 0 bridgehead atoms. The zero-order valence-electron chi connectivity index (χ0n) is 18.5. The van der Waals surface area contributed by atoms with Crippen LogP contribution in [0.1, 0.15) is 34.6 Å². The lowest BCUT2D eigenvalue weighted by Gasteiger charge is -2.18. The highest BCUT2D eigenvalue weighted by Gasteiger charge is 2.17. The number of nitrogens with one attached hydrogen (secondary N) is 1. The number of carbonyl (C=O) groups is 2. The van der Waals surface area contributed by atoms with Crippen LogP contribution in [0.2, 0.25) is 5.02 Å². The third-order valence-corrected chi connectivity index (χ3v) is 5.08. The van der Waals surface area contributed by atoms with Gasteiger partial charge >= 0.3 is 5.97 Å². The van der Waals surface area contributed by atoms with Gasteiger partial charge in [0, 0.05) is 19.2 Å². The summed E-state index contributed by atoms with van der Waals surface area (Å²) in [7, 11) is 2.66. The van der Waals surface area contributed by atoms with Gasteiger partial charge in [-0.15, -0.1) is 5.11 Å². The van der Waals surface area contributed by atoms with Gasteiger partial charge in [0.2, 0.25) is 0 Å². The summed E-state index contributed by atoms with van der Waals surface area (Å²) in [6.07, 6.45) is 0. The first-order valence-corrected chi connectivity index (χ1v) is 10.4. The highest BCUT2D eigenvalue weighted by Crippen LogP contribution is 2.34. The van der Waals surface area contributed by atoms with Gasteiger partial charge in [-0.2, -0.15) is 5.11 Å². The van der Waals surface area contributed by atoms with Gasteiger partial charge in [-0.25, -0.2) is 4.79 Å². The molecule has 0 saturated carbocycles. The Kier molecular flexibility index (Phi) is 9.42. The van der Waals surface area contributed by atoms with Crippen LogP contribution in [0.5, 0.6) is 11.5 Å². The number of aromatic hydroxyl groups is 1. The summed E-state index contributed by atoms with van der Waals surface area (Å²) in [5.74, 6) is -0.937. The average molecular weight is 463 g/mol. The van der Waals surface area contributed by atoms with Crippen LogP contribution in [0.3, 0.4) is 0 Å². The number of phenolic OH excluding ortho intramolecular Hbond substituents is 1. The fraction of sp³-hybridized carbons (Fsp3) is 0.364. The minimum atomic E-state index is -0.699. The summed E-state index contributed by atoms with van der Waals surface area (Å²) in [6.45, 7) is 7.17. The van der Waals surface area contributed by atoms with Crippen molar-refractivity contribution >= 4 is 34.9 Å². The Morgan fingerprint density at radius 3 is 2.44 bits per heavy atom. The number of methoxy groups -OCH3 is 2. The zero-order chi connectivity index (χ0) is 23.7. The molecule has 0 heterocycles. The van der Waals surface area contributed by atoms with Crippen molar-refractivity contribution in [2.45, 2.75) is 13.8 Å². The van der Waals surface area contributed by atoms with Gasteiger partial charge < -0.3 is 24.8 Å². The van der Waals surface area contributed by atoms with E-state index in [1.54, 1.807) is 0 Å². The van der Waals surface area contributed by atoms with Crippen LogP contribution in [0.15, 0.2) is 40.6 Å². The number of ether oxygens (including phenoxy) is 2. The predicted molar refractivity (Wildman–Crippen MR) is 122 cm³/mol. The Morgan fingerprint density at radius 2 is 1.81 bits per heavy atom. The van der Waals surface area contributed by atoms with Crippen molar-refractivity contribution in [2.24, 2.45) is 10.2 Å². The molecular weight excluding hydrogens is 436 g/mol. The second-order valence-corrected chi connectivity index (χ2v) is 7.09. The largest absolute Gasteiger partial charge is 0.507 e. The first-order valence-electron chi connectivity index (χ1n) is 10.1. The molecule has 0 unspecified atom stereocenters. The van der Waals surface area contributed by atoms with Gasteiger partial charge in [-0.05, 0) is 37.4 Å². The van der Waals surface area contributed by atoms with Crippen LogP contribution in [-0.4, -0.2) is 62.3 Å². The minimum Gasteiger partial charge on any atom is -0.507 e. The molecule has 0 aliphatic rings. The van der Waals surface area contributed by atoms with E-state index in [0.717, 1.165) is 19.6 Å². The lowest BCUT2D eigenvalue weighted by Crippen LogP contribution is -2.34. The Morgan fingerprint density at radius 1 is 1.09 bits per heavy atom.